The summed E-state index contributed by atoms with van der Waals surface area (Å²) >= 11 is 1.71. The van der Waals surface area contributed by atoms with E-state index in [9.17, 15) is 9.90 Å². The highest BCUT2D eigenvalue weighted by molar-refractivity contribution is 7.15. The number of hydrogen-bond donors (Lipinski definition) is 1. The maximum absolute atomic E-state index is 11.2. The third-order valence-electron chi connectivity index (χ3n) is 4.62. The number of carboxylic acids is 1. The second kappa shape index (κ2) is 5.02. The topological polar surface area (TPSA) is 53.4 Å². The standard InChI is InChI=1S/C15H22N2O2S/c1-15(2)6-3-8-17(9-7-15)14-16-12-10(13(18)19)4-5-11(12)20-14/h10H,3-9H2,1-2H3,(H,18,19). The molecule has 2 heterocycles. The highest BCUT2D eigenvalue weighted by Gasteiger charge is 2.33. The van der Waals surface area contributed by atoms with Crippen LogP contribution in [0.2, 0.25) is 0 Å². The van der Waals surface area contributed by atoms with E-state index in [1.807, 2.05) is 0 Å². The van der Waals surface area contributed by atoms with Gasteiger partial charge in [0.2, 0.25) is 0 Å². The fourth-order valence-electron chi connectivity index (χ4n) is 3.20. The second-order valence-electron chi connectivity index (χ2n) is 6.74. The molecule has 1 atom stereocenters. The van der Waals surface area contributed by atoms with E-state index in [4.69, 9.17) is 0 Å². The van der Waals surface area contributed by atoms with Crippen LogP contribution in [0.25, 0.3) is 0 Å². The molecule has 1 aliphatic heterocycles. The van der Waals surface area contributed by atoms with Gasteiger partial charge in [-0.1, -0.05) is 13.8 Å². The van der Waals surface area contributed by atoms with Crippen molar-refractivity contribution in [2.24, 2.45) is 5.41 Å². The molecule has 1 fully saturated rings. The highest BCUT2D eigenvalue weighted by Crippen LogP contribution is 2.40. The minimum absolute atomic E-state index is 0.376. The van der Waals surface area contributed by atoms with Gasteiger partial charge < -0.3 is 10.0 Å². The summed E-state index contributed by atoms with van der Waals surface area (Å²) in [5.74, 6) is -1.10. The molecule has 0 saturated carbocycles. The summed E-state index contributed by atoms with van der Waals surface area (Å²) in [7, 11) is 0. The number of fused-ring (bicyclic) bond motifs is 1. The molecule has 3 rings (SSSR count). The first-order valence-electron chi connectivity index (χ1n) is 7.44. The Morgan fingerprint density at radius 1 is 1.40 bits per heavy atom. The van der Waals surface area contributed by atoms with Crippen molar-refractivity contribution in [2.45, 2.75) is 51.9 Å². The summed E-state index contributed by atoms with van der Waals surface area (Å²) in [6.45, 7) is 6.75. The van der Waals surface area contributed by atoms with Gasteiger partial charge in [-0.2, -0.15) is 0 Å². The zero-order chi connectivity index (χ0) is 14.3. The van der Waals surface area contributed by atoms with Gasteiger partial charge in [-0.05, 0) is 37.5 Å². The summed E-state index contributed by atoms with van der Waals surface area (Å²) in [5, 5.41) is 10.3. The SMILES string of the molecule is CC1(C)CCCN(c2nc3c(s2)CCC3C(=O)O)CC1. The van der Waals surface area contributed by atoms with E-state index in [2.05, 4.69) is 23.7 Å². The Morgan fingerprint density at radius 3 is 2.95 bits per heavy atom. The number of thiazole rings is 1. The summed E-state index contributed by atoms with van der Waals surface area (Å²) in [4.78, 5) is 19.5. The van der Waals surface area contributed by atoms with Crippen LogP contribution in [-0.4, -0.2) is 29.1 Å². The number of aryl methyl sites for hydroxylation is 1. The van der Waals surface area contributed by atoms with Crippen molar-refractivity contribution in [2.75, 3.05) is 18.0 Å². The average Bonchev–Trinajstić information content (AvgIpc) is 2.87. The number of aromatic nitrogens is 1. The summed E-state index contributed by atoms with van der Waals surface area (Å²) in [5.41, 5.74) is 1.25. The molecule has 20 heavy (non-hydrogen) atoms. The minimum Gasteiger partial charge on any atom is -0.481 e. The molecule has 110 valence electrons. The molecule has 0 aromatic carbocycles. The van der Waals surface area contributed by atoms with Crippen LogP contribution in [0, 0.1) is 5.41 Å². The normalized spacial score (nSPS) is 25.3. The van der Waals surface area contributed by atoms with Gasteiger partial charge in [0.05, 0.1) is 5.69 Å². The van der Waals surface area contributed by atoms with Crippen LogP contribution in [0.15, 0.2) is 0 Å². The van der Waals surface area contributed by atoms with Crippen molar-refractivity contribution < 1.29 is 9.90 Å². The maximum atomic E-state index is 11.2. The molecule has 2 aliphatic rings. The maximum Gasteiger partial charge on any atom is 0.312 e. The van der Waals surface area contributed by atoms with Gasteiger partial charge in [0, 0.05) is 18.0 Å². The Labute approximate surface area is 123 Å². The smallest absolute Gasteiger partial charge is 0.312 e. The largest absolute Gasteiger partial charge is 0.481 e. The van der Waals surface area contributed by atoms with E-state index in [0.717, 1.165) is 36.8 Å². The zero-order valence-corrected chi connectivity index (χ0v) is 13.0. The average molecular weight is 294 g/mol. The first-order valence-corrected chi connectivity index (χ1v) is 8.25. The van der Waals surface area contributed by atoms with E-state index in [1.165, 1.54) is 24.1 Å². The summed E-state index contributed by atoms with van der Waals surface area (Å²) in [6.07, 6.45) is 5.23. The number of nitrogens with zero attached hydrogens (tertiary/aromatic N) is 2. The Bertz CT molecular complexity index is 524. The highest BCUT2D eigenvalue weighted by atomic mass is 32.1. The molecule has 1 saturated heterocycles. The van der Waals surface area contributed by atoms with Crippen LogP contribution in [-0.2, 0) is 11.2 Å². The fraction of sp³-hybridized carbons (Fsp3) is 0.733. The molecule has 0 radical (unpaired) electrons. The second-order valence-corrected chi connectivity index (χ2v) is 7.80. The molecule has 0 amide bonds. The van der Waals surface area contributed by atoms with Crippen molar-refractivity contribution in [1.82, 2.24) is 4.98 Å². The molecule has 1 aliphatic carbocycles. The minimum atomic E-state index is -0.724. The van der Waals surface area contributed by atoms with E-state index in [-0.39, 0.29) is 5.92 Å². The number of carbonyl (C=O) groups is 1. The molecule has 0 spiro atoms. The monoisotopic (exact) mass is 294 g/mol. The van der Waals surface area contributed by atoms with Gasteiger partial charge in [0.15, 0.2) is 5.13 Å². The van der Waals surface area contributed by atoms with Crippen molar-refractivity contribution in [1.29, 1.82) is 0 Å². The molecule has 4 nitrogen and oxygen atoms in total. The van der Waals surface area contributed by atoms with E-state index in [0.29, 0.717) is 5.41 Å². The predicted octanol–water partition coefficient (Wildman–Crippen LogP) is 3.27. The Balaban J connectivity index is 1.79. The lowest BCUT2D eigenvalue weighted by Crippen LogP contribution is -2.25. The number of carboxylic acid groups (broad SMARTS) is 1. The first kappa shape index (κ1) is 13.9. The van der Waals surface area contributed by atoms with Gasteiger partial charge in [0.1, 0.15) is 5.92 Å². The lowest BCUT2D eigenvalue weighted by Gasteiger charge is -2.23. The Hall–Kier alpha value is -1.10. The molecule has 5 heteroatoms. The fourth-order valence-corrected chi connectivity index (χ4v) is 4.39. The van der Waals surface area contributed by atoms with Crippen molar-refractivity contribution >= 4 is 22.4 Å². The van der Waals surface area contributed by atoms with Crippen LogP contribution >= 0.6 is 11.3 Å². The van der Waals surface area contributed by atoms with Crippen LogP contribution in [0.1, 0.15) is 56.0 Å². The lowest BCUT2D eigenvalue weighted by atomic mass is 9.85. The molecular formula is C15H22N2O2S. The zero-order valence-electron chi connectivity index (χ0n) is 12.2. The van der Waals surface area contributed by atoms with Crippen LogP contribution < -0.4 is 4.90 Å². The quantitative estimate of drug-likeness (QED) is 0.909. The van der Waals surface area contributed by atoms with Crippen molar-refractivity contribution in [3.63, 3.8) is 0 Å². The van der Waals surface area contributed by atoms with Gasteiger partial charge in [-0.3, -0.25) is 4.79 Å². The van der Waals surface area contributed by atoms with Crippen LogP contribution in [0.3, 0.4) is 0 Å². The molecule has 0 bridgehead atoms. The molecule has 1 aromatic rings. The third-order valence-corrected chi connectivity index (χ3v) is 5.81. The molecular weight excluding hydrogens is 272 g/mol. The van der Waals surface area contributed by atoms with Gasteiger partial charge in [0.25, 0.3) is 0 Å². The summed E-state index contributed by atoms with van der Waals surface area (Å²) in [6, 6.07) is 0. The van der Waals surface area contributed by atoms with Gasteiger partial charge >= 0.3 is 5.97 Å². The van der Waals surface area contributed by atoms with E-state index >= 15 is 0 Å². The van der Waals surface area contributed by atoms with Crippen LogP contribution in [0.5, 0.6) is 0 Å². The van der Waals surface area contributed by atoms with E-state index in [1.54, 1.807) is 11.3 Å². The Morgan fingerprint density at radius 2 is 2.20 bits per heavy atom. The molecule has 1 N–H and O–H groups in total. The van der Waals surface area contributed by atoms with Gasteiger partial charge in [-0.15, -0.1) is 11.3 Å². The predicted molar refractivity (Wildman–Crippen MR) is 80.7 cm³/mol. The number of hydrogen-bond acceptors (Lipinski definition) is 4. The summed E-state index contributed by atoms with van der Waals surface area (Å²) < 4.78 is 0. The number of anilines is 1. The lowest BCUT2D eigenvalue weighted by molar-refractivity contribution is -0.138. The third kappa shape index (κ3) is 2.55. The first-order chi connectivity index (χ1) is 9.46. The van der Waals surface area contributed by atoms with Gasteiger partial charge in [-0.25, -0.2) is 4.98 Å². The van der Waals surface area contributed by atoms with E-state index < -0.39 is 5.97 Å². The van der Waals surface area contributed by atoms with Crippen molar-refractivity contribution in [3.8, 4) is 0 Å². The number of aliphatic carboxylic acids is 1. The van der Waals surface area contributed by atoms with Crippen LogP contribution in [0.4, 0.5) is 5.13 Å². The molecule has 1 unspecified atom stereocenters. The number of rotatable bonds is 2. The van der Waals surface area contributed by atoms with Crippen molar-refractivity contribution in [3.05, 3.63) is 10.6 Å². The Kier molecular flexibility index (Phi) is 3.48. The molecule has 1 aromatic heterocycles.